The van der Waals surface area contributed by atoms with Crippen molar-refractivity contribution in [1.82, 2.24) is 4.90 Å². The minimum atomic E-state index is -2.62. The quantitative estimate of drug-likeness (QED) is 0.303. The summed E-state index contributed by atoms with van der Waals surface area (Å²) >= 11 is 0. The zero-order chi connectivity index (χ0) is 17.0. The fraction of sp³-hybridized carbons (Fsp3) is 0.786. The average Bonchev–Trinajstić information content (AvgIpc) is 2.51. The van der Waals surface area contributed by atoms with Crippen molar-refractivity contribution in [2.75, 3.05) is 47.6 Å². The number of carbonyl (C=O) groups excluding carboxylic acids is 1. The summed E-state index contributed by atoms with van der Waals surface area (Å²) in [7, 11) is 2.05. The van der Waals surface area contributed by atoms with Crippen LogP contribution in [0.5, 0.6) is 0 Å². The fourth-order valence-electron chi connectivity index (χ4n) is 2.01. The molecule has 130 valence electrons. The summed E-state index contributed by atoms with van der Waals surface area (Å²) in [4.78, 5) is 13.2. The van der Waals surface area contributed by atoms with E-state index in [9.17, 15) is 9.90 Å². The lowest BCUT2D eigenvalue weighted by Crippen LogP contribution is -2.44. The number of carbonyl (C=O) groups is 1. The van der Waals surface area contributed by atoms with Crippen molar-refractivity contribution in [3.8, 4) is 0 Å². The third-order valence-corrected chi connectivity index (χ3v) is 6.10. The minimum Gasteiger partial charge on any atom is -0.389 e. The summed E-state index contributed by atoms with van der Waals surface area (Å²) < 4.78 is 21.2. The smallest absolute Gasteiger partial charge is 0.389 e. The Morgan fingerprint density at radius 2 is 1.91 bits per heavy atom. The van der Waals surface area contributed by atoms with Crippen LogP contribution < -0.4 is 0 Å². The highest BCUT2D eigenvalue weighted by atomic mass is 28.4. The molecule has 1 atom stereocenters. The minimum absolute atomic E-state index is 0.0951. The van der Waals surface area contributed by atoms with Gasteiger partial charge in [-0.3, -0.25) is 4.79 Å². The highest BCUT2D eigenvalue weighted by Gasteiger charge is 2.37. The highest BCUT2D eigenvalue weighted by molar-refractivity contribution is 6.60. The largest absolute Gasteiger partial charge is 0.500 e. The van der Waals surface area contributed by atoms with Gasteiger partial charge < -0.3 is 28.0 Å². The number of rotatable bonds is 13. The summed E-state index contributed by atoms with van der Waals surface area (Å²) in [6.07, 6.45) is 1.56. The van der Waals surface area contributed by atoms with E-state index >= 15 is 0 Å². The molecule has 8 heteroatoms. The standard InChI is InChI=1S/C14H29NO6Si/c1-6-9-21-12-14(17)11-15(13(2)16)8-7-10-22(18-3,19-4)20-5/h6,14,17H,1,7-12H2,2-5H3. The van der Waals surface area contributed by atoms with Crippen LogP contribution in [0.15, 0.2) is 12.7 Å². The van der Waals surface area contributed by atoms with E-state index in [2.05, 4.69) is 6.58 Å². The number of nitrogens with zero attached hydrogens (tertiary/aromatic N) is 1. The second kappa shape index (κ2) is 11.7. The van der Waals surface area contributed by atoms with E-state index < -0.39 is 14.9 Å². The molecule has 0 saturated carbocycles. The first-order valence-corrected chi connectivity index (χ1v) is 9.15. The van der Waals surface area contributed by atoms with E-state index in [1.54, 1.807) is 32.3 Å². The molecule has 0 saturated heterocycles. The molecule has 0 radical (unpaired) electrons. The molecule has 0 aliphatic heterocycles. The SMILES string of the molecule is C=CCOCC(O)CN(CCC[Si](OC)(OC)OC)C(C)=O. The van der Waals surface area contributed by atoms with E-state index in [0.29, 0.717) is 25.6 Å². The van der Waals surface area contributed by atoms with Crippen molar-refractivity contribution in [1.29, 1.82) is 0 Å². The fourth-order valence-corrected chi connectivity index (χ4v) is 3.72. The molecule has 0 aliphatic rings. The van der Waals surface area contributed by atoms with Gasteiger partial charge in [0.1, 0.15) is 0 Å². The van der Waals surface area contributed by atoms with Crippen LogP contribution >= 0.6 is 0 Å². The number of aliphatic hydroxyl groups is 1. The molecule has 0 aromatic heterocycles. The van der Waals surface area contributed by atoms with Crippen LogP contribution in [0.3, 0.4) is 0 Å². The van der Waals surface area contributed by atoms with Crippen LogP contribution in [-0.4, -0.2) is 78.5 Å². The van der Waals surface area contributed by atoms with E-state index in [1.165, 1.54) is 6.92 Å². The molecular weight excluding hydrogens is 306 g/mol. The van der Waals surface area contributed by atoms with Crippen molar-refractivity contribution >= 4 is 14.7 Å². The molecule has 0 bridgehead atoms. The summed E-state index contributed by atoms with van der Waals surface area (Å²) in [6.45, 7) is 6.28. The first kappa shape index (κ1) is 21.2. The van der Waals surface area contributed by atoms with Crippen LogP contribution in [0.1, 0.15) is 13.3 Å². The van der Waals surface area contributed by atoms with E-state index in [-0.39, 0.29) is 19.1 Å². The van der Waals surface area contributed by atoms with Crippen LogP contribution in [0, 0.1) is 0 Å². The molecule has 0 rings (SSSR count). The second-order valence-electron chi connectivity index (χ2n) is 4.84. The maximum atomic E-state index is 11.6. The van der Waals surface area contributed by atoms with Gasteiger partial charge in [-0.25, -0.2) is 0 Å². The summed E-state index contributed by atoms with van der Waals surface area (Å²) in [5.74, 6) is -0.0951. The summed E-state index contributed by atoms with van der Waals surface area (Å²) in [6, 6.07) is 0.601. The van der Waals surface area contributed by atoms with Crippen LogP contribution in [0.2, 0.25) is 6.04 Å². The first-order chi connectivity index (χ1) is 10.4. The van der Waals surface area contributed by atoms with Crippen LogP contribution in [0.4, 0.5) is 0 Å². The van der Waals surface area contributed by atoms with Gasteiger partial charge in [-0.1, -0.05) is 6.08 Å². The summed E-state index contributed by atoms with van der Waals surface area (Å²) in [5, 5.41) is 9.87. The maximum Gasteiger partial charge on any atom is 0.500 e. The van der Waals surface area contributed by atoms with Gasteiger partial charge in [0.25, 0.3) is 0 Å². The van der Waals surface area contributed by atoms with E-state index in [0.717, 1.165) is 0 Å². The second-order valence-corrected chi connectivity index (χ2v) is 7.93. The lowest BCUT2D eigenvalue weighted by molar-refractivity contribution is -0.130. The molecule has 1 unspecified atom stereocenters. The number of amides is 1. The predicted octanol–water partition coefficient (Wildman–Crippen LogP) is 0.667. The normalized spacial score (nSPS) is 13.0. The van der Waals surface area contributed by atoms with Crippen LogP contribution in [0.25, 0.3) is 0 Å². The number of ether oxygens (including phenoxy) is 1. The third-order valence-electron chi connectivity index (χ3n) is 3.27. The van der Waals surface area contributed by atoms with Gasteiger partial charge in [0.15, 0.2) is 0 Å². The van der Waals surface area contributed by atoms with Crippen molar-refractivity contribution in [2.45, 2.75) is 25.5 Å². The Morgan fingerprint density at radius 1 is 1.32 bits per heavy atom. The Morgan fingerprint density at radius 3 is 2.36 bits per heavy atom. The Hall–Kier alpha value is -0.773. The van der Waals surface area contributed by atoms with Crippen molar-refractivity contribution < 1.29 is 27.9 Å². The lowest BCUT2D eigenvalue weighted by atomic mass is 10.3. The monoisotopic (exact) mass is 335 g/mol. The molecule has 0 heterocycles. The van der Waals surface area contributed by atoms with E-state index in [1.807, 2.05) is 0 Å². The van der Waals surface area contributed by atoms with E-state index in [4.69, 9.17) is 18.0 Å². The molecule has 0 fully saturated rings. The highest BCUT2D eigenvalue weighted by Crippen LogP contribution is 2.15. The number of aliphatic hydroxyl groups excluding tert-OH is 1. The van der Waals surface area contributed by atoms with Crippen molar-refractivity contribution in [3.05, 3.63) is 12.7 Å². The predicted molar refractivity (Wildman–Crippen MR) is 85.5 cm³/mol. The third kappa shape index (κ3) is 8.02. The van der Waals surface area contributed by atoms with Crippen molar-refractivity contribution in [3.63, 3.8) is 0 Å². The van der Waals surface area contributed by atoms with Gasteiger partial charge in [-0.05, 0) is 6.42 Å². The van der Waals surface area contributed by atoms with Crippen molar-refractivity contribution in [2.24, 2.45) is 0 Å². The first-order valence-electron chi connectivity index (χ1n) is 7.22. The van der Waals surface area contributed by atoms with Crippen LogP contribution in [-0.2, 0) is 22.8 Å². The molecule has 0 aliphatic carbocycles. The molecule has 1 N–H and O–H groups in total. The zero-order valence-electron chi connectivity index (χ0n) is 14.0. The topological polar surface area (TPSA) is 77.5 Å². The van der Waals surface area contributed by atoms with Gasteiger partial charge in [0, 0.05) is 47.4 Å². The Bertz CT molecular complexity index is 316. The lowest BCUT2D eigenvalue weighted by Gasteiger charge is -2.27. The number of hydrogen-bond donors (Lipinski definition) is 1. The van der Waals surface area contributed by atoms with Gasteiger partial charge >= 0.3 is 8.80 Å². The Labute approximate surface area is 134 Å². The zero-order valence-corrected chi connectivity index (χ0v) is 15.0. The molecule has 7 nitrogen and oxygen atoms in total. The summed E-state index contributed by atoms with van der Waals surface area (Å²) in [5.41, 5.74) is 0. The Kier molecular flexibility index (Phi) is 11.3. The molecule has 22 heavy (non-hydrogen) atoms. The van der Waals surface area contributed by atoms with Gasteiger partial charge in [-0.15, -0.1) is 6.58 Å². The molecule has 0 aromatic rings. The molecular formula is C14H29NO6Si. The van der Waals surface area contributed by atoms with Gasteiger partial charge in [0.05, 0.1) is 19.3 Å². The Balaban J connectivity index is 4.30. The molecule has 0 aromatic carbocycles. The maximum absolute atomic E-state index is 11.6. The molecule has 0 spiro atoms. The number of hydrogen-bond acceptors (Lipinski definition) is 6. The average molecular weight is 335 g/mol. The van der Waals surface area contributed by atoms with Gasteiger partial charge in [-0.2, -0.15) is 0 Å². The molecule has 1 amide bonds. The van der Waals surface area contributed by atoms with Gasteiger partial charge in [0.2, 0.25) is 5.91 Å².